The molecule has 0 amide bonds. The lowest BCUT2D eigenvalue weighted by molar-refractivity contribution is 0.0695. The number of rotatable bonds is 5. The number of nitrogens with zero attached hydrogens (tertiary/aromatic N) is 4. The molecule has 2 saturated heterocycles. The fraction of sp³-hybridized carbons (Fsp3) is 0.429. The molecule has 1 unspecified atom stereocenters. The van der Waals surface area contributed by atoms with E-state index in [4.69, 9.17) is 19.0 Å². The van der Waals surface area contributed by atoms with Crippen molar-refractivity contribution in [3.8, 4) is 16.9 Å². The lowest BCUT2D eigenvalue weighted by atomic mass is 10.0. The van der Waals surface area contributed by atoms with Crippen LogP contribution in [-0.4, -0.2) is 46.4 Å². The molecule has 8 nitrogen and oxygen atoms in total. The highest BCUT2D eigenvalue weighted by Crippen LogP contribution is 2.43. The maximum Gasteiger partial charge on any atom is 0.167 e. The summed E-state index contributed by atoms with van der Waals surface area (Å²) in [4.78, 5) is 7.05. The van der Waals surface area contributed by atoms with Gasteiger partial charge in [0.1, 0.15) is 17.8 Å². The Balaban J connectivity index is 1.49. The molecule has 37 heavy (non-hydrogen) atoms. The van der Waals surface area contributed by atoms with Gasteiger partial charge in [0.25, 0.3) is 0 Å². The number of methoxy groups -OCH3 is 1. The normalized spacial score (nSPS) is 20.7. The molecule has 194 valence electrons. The zero-order chi connectivity index (χ0) is 25.7. The molecule has 4 aromatic rings. The molecular formula is C28H31FN4O4. The number of imidazole rings is 1. The average Bonchev–Trinajstić information content (AvgIpc) is 3.58. The van der Waals surface area contributed by atoms with E-state index in [0.29, 0.717) is 31.7 Å². The van der Waals surface area contributed by atoms with Crippen LogP contribution in [0.4, 0.5) is 10.1 Å². The predicted molar refractivity (Wildman–Crippen MR) is 137 cm³/mol. The SMILES string of the molecule is COc1ccc(N2C(O)CC[C@H]2c2nc3cc(-c4c(C)noc4C)ccc3n2C2CCOCC2)cc1F. The highest BCUT2D eigenvalue weighted by molar-refractivity contribution is 5.84. The summed E-state index contributed by atoms with van der Waals surface area (Å²) in [6.07, 6.45) is 2.31. The first-order valence-electron chi connectivity index (χ1n) is 12.8. The van der Waals surface area contributed by atoms with E-state index in [9.17, 15) is 9.50 Å². The highest BCUT2D eigenvalue weighted by atomic mass is 19.1. The largest absolute Gasteiger partial charge is 0.494 e. The molecule has 2 atom stereocenters. The standard InChI is InChI=1S/C28H31FN4O4/c1-16-27(17(2)37-31-16)18-4-6-23-22(14-18)30-28(33(23)19-10-12-36-13-11-19)24-7-9-26(34)32(24)20-5-8-25(35-3)21(29)15-20/h4-6,8,14-15,19,24,26,34H,7,9-13H2,1-3H3/t24-,26?/m0/s1. The van der Waals surface area contributed by atoms with E-state index < -0.39 is 12.0 Å². The van der Waals surface area contributed by atoms with Gasteiger partial charge in [-0.25, -0.2) is 9.37 Å². The Bertz CT molecular complexity index is 1420. The number of aliphatic hydroxyl groups is 1. The minimum Gasteiger partial charge on any atom is -0.494 e. The van der Waals surface area contributed by atoms with Crippen molar-refractivity contribution in [3.63, 3.8) is 0 Å². The van der Waals surface area contributed by atoms with E-state index in [2.05, 4.69) is 27.9 Å². The van der Waals surface area contributed by atoms with Crippen molar-refractivity contribution in [1.29, 1.82) is 0 Å². The maximum atomic E-state index is 14.7. The Labute approximate surface area is 214 Å². The first kappa shape index (κ1) is 23.9. The summed E-state index contributed by atoms with van der Waals surface area (Å²) >= 11 is 0. The van der Waals surface area contributed by atoms with Crippen molar-refractivity contribution < 1.29 is 23.5 Å². The number of anilines is 1. The molecule has 0 spiro atoms. The van der Waals surface area contributed by atoms with Crippen molar-refractivity contribution in [2.45, 2.75) is 57.8 Å². The second kappa shape index (κ2) is 9.46. The van der Waals surface area contributed by atoms with E-state index in [-0.39, 0.29) is 17.8 Å². The summed E-state index contributed by atoms with van der Waals surface area (Å²) in [6.45, 7) is 5.24. The van der Waals surface area contributed by atoms with Crippen molar-refractivity contribution in [1.82, 2.24) is 14.7 Å². The molecule has 0 bridgehead atoms. The molecule has 0 radical (unpaired) electrons. The van der Waals surface area contributed by atoms with E-state index in [0.717, 1.165) is 52.3 Å². The predicted octanol–water partition coefficient (Wildman–Crippen LogP) is 5.47. The number of hydrogen-bond donors (Lipinski definition) is 1. The van der Waals surface area contributed by atoms with Gasteiger partial charge in [-0.3, -0.25) is 0 Å². The number of aromatic nitrogens is 3. The monoisotopic (exact) mass is 506 g/mol. The van der Waals surface area contributed by atoms with Gasteiger partial charge in [0.05, 0.1) is 29.9 Å². The van der Waals surface area contributed by atoms with Gasteiger partial charge in [0.15, 0.2) is 11.6 Å². The summed E-state index contributed by atoms with van der Waals surface area (Å²) < 4.78 is 33.1. The summed E-state index contributed by atoms with van der Waals surface area (Å²) in [5, 5.41) is 15.1. The second-order valence-corrected chi connectivity index (χ2v) is 9.89. The van der Waals surface area contributed by atoms with Crippen LogP contribution >= 0.6 is 0 Å². The quantitative estimate of drug-likeness (QED) is 0.384. The van der Waals surface area contributed by atoms with Gasteiger partial charge in [0, 0.05) is 36.6 Å². The number of halogens is 1. The van der Waals surface area contributed by atoms with Crippen molar-refractivity contribution in [2.24, 2.45) is 0 Å². The van der Waals surface area contributed by atoms with E-state index >= 15 is 0 Å². The lowest BCUT2D eigenvalue weighted by Crippen LogP contribution is -2.33. The molecule has 0 aliphatic carbocycles. The number of fused-ring (bicyclic) bond motifs is 1. The molecule has 2 aliphatic heterocycles. The Morgan fingerprint density at radius 2 is 1.86 bits per heavy atom. The third kappa shape index (κ3) is 4.06. The molecular weight excluding hydrogens is 475 g/mol. The van der Waals surface area contributed by atoms with Gasteiger partial charge in [-0.2, -0.15) is 0 Å². The van der Waals surface area contributed by atoms with Gasteiger partial charge in [0.2, 0.25) is 0 Å². The number of aryl methyl sites for hydroxylation is 2. The summed E-state index contributed by atoms with van der Waals surface area (Å²) in [6, 6.07) is 11.1. The van der Waals surface area contributed by atoms with Crippen LogP contribution in [0, 0.1) is 19.7 Å². The van der Waals surface area contributed by atoms with Crippen LogP contribution in [0.25, 0.3) is 22.2 Å². The minimum absolute atomic E-state index is 0.176. The zero-order valence-corrected chi connectivity index (χ0v) is 21.3. The lowest BCUT2D eigenvalue weighted by Gasteiger charge is -2.32. The van der Waals surface area contributed by atoms with Gasteiger partial charge in [-0.15, -0.1) is 0 Å². The molecule has 2 aliphatic rings. The van der Waals surface area contributed by atoms with Crippen LogP contribution in [-0.2, 0) is 4.74 Å². The molecule has 0 saturated carbocycles. The van der Waals surface area contributed by atoms with Gasteiger partial charge in [-0.05, 0) is 69.4 Å². The van der Waals surface area contributed by atoms with Crippen molar-refractivity contribution >= 4 is 16.7 Å². The van der Waals surface area contributed by atoms with Gasteiger partial charge in [-0.1, -0.05) is 11.2 Å². The third-order valence-electron chi connectivity index (χ3n) is 7.68. The number of aliphatic hydroxyl groups excluding tert-OH is 1. The molecule has 2 fully saturated rings. The highest BCUT2D eigenvalue weighted by Gasteiger charge is 2.38. The van der Waals surface area contributed by atoms with Crippen molar-refractivity contribution in [3.05, 3.63) is 59.5 Å². The summed E-state index contributed by atoms with van der Waals surface area (Å²) in [5.74, 6) is 1.37. The van der Waals surface area contributed by atoms with E-state index in [1.54, 1.807) is 12.1 Å². The van der Waals surface area contributed by atoms with Crippen LogP contribution in [0.3, 0.4) is 0 Å². The summed E-state index contributed by atoms with van der Waals surface area (Å²) in [5.41, 5.74) is 5.35. The van der Waals surface area contributed by atoms with Crippen LogP contribution in [0.5, 0.6) is 5.75 Å². The average molecular weight is 507 g/mol. The zero-order valence-electron chi connectivity index (χ0n) is 21.3. The Morgan fingerprint density at radius 3 is 2.57 bits per heavy atom. The molecule has 6 rings (SSSR count). The topological polar surface area (TPSA) is 85.8 Å². The molecule has 4 heterocycles. The van der Waals surface area contributed by atoms with Crippen LogP contribution in [0.1, 0.15) is 55.0 Å². The van der Waals surface area contributed by atoms with E-state index in [1.807, 2.05) is 18.7 Å². The molecule has 2 aromatic carbocycles. The fourth-order valence-corrected chi connectivity index (χ4v) is 5.94. The summed E-state index contributed by atoms with van der Waals surface area (Å²) in [7, 11) is 1.44. The smallest absolute Gasteiger partial charge is 0.167 e. The van der Waals surface area contributed by atoms with Gasteiger partial charge >= 0.3 is 0 Å². The minimum atomic E-state index is -0.737. The first-order valence-corrected chi connectivity index (χ1v) is 12.8. The van der Waals surface area contributed by atoms with E-state index in [1.165, 1.54) is 13.2 Å². The Morgan fingerprint density at radius 1 is 1.05 bits per heavy atom. The Hall–Kier alpha value is -3.43. The number of ether oxygens (including phenoxy) is 2. The van der Waals surface area contributed by atoms with Crippen LogP contribution < -0.4 is 9.64 Å². The number of hydrogen-bond acceptors (Lipinski definition) is 7. The van der Waals surface area contributed by atoms with Crippen molar-refractivity contribution in [2.75, 3.05) is 25.2 Å². The Kier molecular flexibility index (Phi) is 6.12. The van der Waals surface area contributed by atoms with Crippen LogP contribution in [0.15, 0.2) is 40.9 Å². The second-order valence-electron chi connectivity index (χ2n) is 9.89. The van der Waals surface area contributed by atoms with Gasteiger partial charge < -0.3 is 28.6 Å². The fourth-order valence-electron chi connectivity index (χ4n) is 5.94. The molecule has 2 aromatic heterocycles. The maximum absolute atomic E-state index is 14.7. The number of benzene rings is 2. The third-order valence-corrected chi connectivity index (χ3v) is 7.68. The molecule has 9 heteroatoms. The van der Waals surface area contributed by atoms with Crippen LogP contribution in [0.2, 0.25) is 0 Å². The first-order chi connectivity index (χ1) is 18.0. The molecule has 1 N–H and O–H groups in total.